The van der Waals surface area contributed by atoms with Gasteiger partial charge >= 0.3 is 12.5 Å². The maximum atomic E-state index is 13.4. The first kappa shape index (κ1) is 18.1. The summed E-state index contributed by atoms with van der Waals surface area (Å²) in [5.41, 5.74) is 4.04. The van der Waals surface area contributed by atoms with Crippen LogP contribution in [0.4, 0.5) is 27.9 Å². The van der Waals surface area contributed by atoms with Crippen LogP contribution in [0.2, 0.25) is 0 Å². The average molecular weight is 416 g/mol. The highest BCUT2D eigenvalue weighted by Gasteiger charge is 2.58. The molecule has 1 aliphatic carbocycles. The summed E-state index contributed by atoms with van der Waals surface area (Å²) >= 11 is 0. The smallest absolute Gasteiger partial charge is 0.395 e. The van der Waals surface area contributed by atoms with E-state index in [1.54, 1.807) is 0 Å². The van der Waals surface area contributed by atoms with Crippen molar-refractivity contribution in [3.05, 3.63) is 18.0 Å². The zero-order chi connectivity index (χ0) is 20.6. The van der Waals surface area contributed by atoms with E-state index in [4.69, 9.17) is 5.73 Å². The van der Waals surface area contributed by atoms with Crippen LogP contribution in [0.1, 0.15) is 25.1 Å². The number of benzene rings is 1. The second-order valence-corrected chi connectivity index (χ2v) is 6.98. The summed E-state index contributed by atoms with van der Waals surface area (Å²) in [7, 11) is 0. The summed E-state index contributed by atoms with van der Waals surface area (Å²) in [6.07, 6.45) is -7.79. The lowest BCUT2D eigenvalue weighted by Gasteiger charge is -2.43. The fourth-order valence-electron chi connectivity index (χ4n) is 3.56. The maximum Gasteiger partial charge on any atom is 0.586 e. The molecule has 0 spiro atoms. The van der Waals surface area contributed by atoms with E-state index < -0.39 is 18.0 Å². The Hall–Kier alpha value is -2.96. The predicted octanol–water partition coefficient (Wildman–Crippen LogP) is 2.76. The van der Waals surface area contributed by atoms with Gasteiger partial charge in [0.05, 0.1) is 6.54 Å². The molecule has 0 amide bonds. The number of nitrogens with zero attached hydrogens (tertiary/aromatic N) is 4. The molecule has 1 fully saturated rings. The number of aromatic nitrogens is 4. The largest absolute Gasteiger partial charge is 0.586 e. The molecule has 0 saturated heterocycles. The molecular weight excluding hydrogens is 403 g/mol. The molecule has 2 aromatic heterocycles. The molecule has 0 radical (unpaired) electrons. The van der Waals surface area contributed by atoms with Gasteiger partial charge in [0.1, 0.15) is 11.1 Å². The Balaban J connectivity index is 1.54. The van der Waals surface area contributed by atoms with Gasteiger partial charge in [0.25, 0.3) is 0 Å². The number of hydrogen-bond acceptors (Lipinski definition) is 7. The van der Waals surface area contributed by atoms with E-state index in [-0.39, 0.29) is 59.2 Å². The minimum Gasteiger partial charge on any atom is -0.395 e. The molecule has 3 N–H and O–H groups in total. The number of nitrogens with one attached hydrogen (secondary N) is 1. The van der Waals surface area contributed by atoms with Crippen LogP contribution >= 0.6 is 0 Å². The average Bonchev–Trinajstić information content (AvgIpc) is 3.13. The van der Waals surface area contributed by atoms with Gasteiger partial charge in [0.2, 0.25) is 5.95 Å². The number of alkyl halides is 5. The molecule has 1 aliphatic heterocycles. The number of fused-ring (bicyclic) bond motifs is 5. The zero-order valence-electron chi connectivity index (χ0n) is 14.6. The number of nitrogen functional groups attached to an aromatic ring is 1. The highest BCUT2D eigenvalue weighted by Crippen LogP contribution is 2.46. The highest BCUT2D eigenvalue weighted by molar-refractivity contribution is 5.97. The van der Waals surface area contributed by atoms with Crippen molar-refractivity contribution < 1.29 is 31.4 Å². The Morgan fingerprint density at radius 3 is 2.59 bits per heavy atom. The predicted molar refractivity (Wildman–Crippen MR) is 88.4 cm³/mol. The summed E-state index contributed by atoms with van der Waals surface area (Å²) in [5, 5.41) is 6.88. The van der Waals surface area contributed by atoms with Crippen LogP contribution in [0.15, 0.2) is 12.1 Å². The molecule has 1 saturated carbocycles. The first-order valence-corrected chi connectivity index (χ1v) is 8.64. The van der Waals surface area contributed by atoms with Crippen LogP contribution < -0.4 is 20.5 Å². The summed E-state index contributed by atoms with van der Waals surface area (Å²) < 4.78 is 76.7. The molecule has 154 valence electrons. The summed E-state index contributed by atoms with van der Waals surface area (Å²) in [6.45, 7) is -0.245. The van der Waals surface area contributed by atoms with Crippen LogP contribution in [0, 0.1) is 0 Å². The minimum absolute atomic E-state index is 0.0117. The van der Waals surface area contributed by atoms with Crippen molar-refractivity contribution in [2.24, 2.45) is 0 Å². The van der Waals surface area contributed by atoms with Gasteiger partial charge in [0, 0.05) is 5.39 Å². The second kappa shape index (κ2) is 5.55. The zero-order valence-corrected chi connectivity index (χ0v) is 14.6. The van der Waals surface area contributed by atoms with Crippen molar-refractivity contribution >= 4 is 22.5 Å². The molecule has 1 aromatic carbocycles. The van der Waals surface area contributed by atoms with E-state index in [9.17, 15) is 22.0 Å². The fourth-order valence-corrected chi connectivity index (χ4v) is 3.56. The highest BCUT2D eigenvalue weighted by atomic mass is 19.4. The van der Waals surface area contributed by atoms with Crippen LogP contribution in [-0.2, 0) is 6.54 Å². The molecule has 0 atom stereocenters. The van der Waals surface area contributed by atoms with Gasteiger partial charge in [-0.15, -0.1) is 13.9 Å². The molecule has 3 heterocycles. The lowest BCUT2D eigenvalue weighted by Crippen LogP contribution is -2.61. The van der Waals surface area contributed by atoms with Crippen molar-refractivity contribution in [2.45, 2.75) is 43.8 Å². The number of hydrogen-bond donors (Lipinski definition) is 2. The summed E-state index contributed by atoms with van der Waals surface area (Å²) in [5.74, 6) is -0.635. The molecule has 2 aliphatic rings. The molecule has 3 aromatic rings. The van der Waals surface area contributed by atoms with Gasteiger partial charge in [0.15, 0.2) is 23.0 Å². The van der Waals surface area contributed by atoms with Gasteiger partial charge in [-0.25, -0.2) is 9.97 Å². The van der Waals surface area contributed by atoms with E-state index in [1.165, 1.54) is 12.1 Å². The van der Waals surface area contributed by atoms with Crippen molar-refractivity contribution in [2.75, 3.05) is 5.73 Å². The van der Waals surface area contributed by atoms with Gasteiger partial charge in [-0.1, -0.05) is 0 Å². The van der Waals surface area contributed by atoms with E-state index in [1.807, 2.05) is 0 Å². The normalized spacial score (nSPS) is 19.6. The minimum atomic E-state index is -4.39. The first-order valence-electron chi connectivity index (χ1n) is 8.64. The Morgan fingerprint density at radius 2 is 1.93 bits per heavy atom. The Morgan fingerprint density at radius 1 is 1.17 bits per heavy atom. The van der Waals surface area contributed by atoms with Crippen molar-refractivity contribution in [3.8, 4) is 11.5 Å². The Bertz CT molecular complexity index is 1140. The Labute approximate surface area is 158 Å². The third-order valence-electron chi connectivity index (χ3n) is 5.21. The van der Waals surface area contributed by atoms with E-state index >= 15 is 0 Å². The lowest BCUT2D eigenvalue weighted by molar-refractivity contribution is -0.286. The Kier molecular flexibility index (Phi) is 3.47. The van der Waals surface area contributed by atoms with E-state index in [0.717, 1.165) is 4.52 Å². The van der Waals surface area contributed by atoms with Crippen molar-refractivity contribution in [1.29, 1.82) is 0 Å². The van der Waals surface area contributed by atoms with E-state index in [0.29, 0.717) is 6.42 Å². The lowest BCUT2D eigenvalue weighted by atomic mass is 9.76. The van der Waals surface area contributed by atoms with Crippen LogP contribution in [0.3, 0.4) is 0 Å². The van der Waals surface area contributed by atoms with Gasteiger partial charge in [-0.3, -0.25) is 5.32 Å². The van der Waals surface area contributed by atoms with Gasteiger partial charge < -0.3 is 15.2 Å². The monoisotopic (exact) mass is 416 g/mol. The van der Waals surface area contributed by atoms with Gasteiger partial charge in [-0.2, -0.15) is 17.7 Å². The standard InChI is InChI=1S/C16H13F5N6O2/c17-15(18,19)14(4-1-5-14)23-6-9-24-12-7-2-3-8-11(29-16(20,21)28-8)10(7)25-13(22)27(12)26-9/h2-3,23H,1,4-6H2,(H2,22,25). The quantitative estimate of drug-likeness (QED) is 0.634. The van der Waals surface area contributed by atoms with Crippen LogP contribution in [0.25, 0.3) is 16.6 Å². The number of anilines is 1. The molecule has 13 heteroatoms. The molecule has 5 rings (SSSR count). The second-order valence-electron chi connectivity index (χ2n) is 6.98. The number of ether oxygens (including phenoxy) is 2. The third-order valence-corrected chi connectivity index (χ3v) is 5.21. The molecule has 8 nitrogen and oxygen atoms in total. The molecule has 0 unspecified atom stereocenters. The van der Waals surface area contributed by atoms with Crippen LogP contribution in [-0.4, -0.2) is 37.6 Å². The molecule has 0 bridgehead atoms. The maximum absolute atomic E-state index is 13.4. The molecular formula is C16H13F5N6O2. The fraction of sp³-hybridized carbons (Fsp3) is 0.438. The summed E-state index contributed by atoms with van der Waals surface area (Å²) in [6, 6.07) is 2.69. The number of halogens is 5. The van der Waals surface area contributed by atoms with Crippen molar-refractivity contribution in [3.63, 3.8) is 0 Å². The van der Waals surface area contributed by atoms with Crippen molar-refractivity contribution in [1.82, 2.24) is 24.9 Å². The van der Waals surface area contributed by atoms with Crippen LogP contribution in [0.5, 0.6) is 11.5 Å². The first-order chi connectivity index (χ1) is 13.6. The number of nitrogens with two attached hydrogens (primary N) is 1. The third kappa shape index (κ3) is 2.63. The summed E-state index contributed by atoms with van der Waals surface area (Å²) in [4.78, 5) is 8.25. The molecule has 29 heavy (non-hydrogen) atoms. The SMILES string of the molecule is Nc1nc2c3c(ccc2c2nc(CNC4(C(F)(F)F)CCC4)nn12)OC(F)(F)O3. The number of rotatable bonds is 3. The topological polar surface area (TPSA) is 99.6 Å². The van der Waals surface area contributed by atoms with Gasteiger partial charge in [-0.05, 0) is 31.4 Å². The van der Waals surface area contributed by atoms with E-state index in [2.05, 4.69) is 29.9 Å².